The van der Waals surface area contributed by atoms with E-state index < -0.39 is 11.8 Å². The Morgan fingerprint density at radius 1 is 0.886 bits per heavy atom. The first-order valence-corrected chi connectivity index (χ1v) is 11.7. The molecule has 1 aliphatic heterocycles. The highest BCUT2D eigenvalue weighted by Crippen LogP contribution is 2.40. The van der Waals surface area contributed by atoms with Crippen molar-refractivity contribution in [3.63, 3.8) is 0 Å². The van der Waals surface area contributed by atoms with E-state index >= 15 is 0 Å². The molecule has 3 aromatic carbocycles. The lowest BCUT2D eigenvalue weighted by Crippen LogP contribution is -2.48. The lowest BCUT2D eigenvalue weighted by molar-refractivity contribution is -0.132. The van der Waals surface area contributed by atoms with Crippen LogP contribution in [0.4, 0.5) is 22.7 Å². The molecule has 178 valence electrons. The molecule has 4 rings (SSSR count). The van der Waals surface area contributed by atoms with Gasteiger partial charge >= 0.3 is 0 Å². The van der Waals surface area contributed by atoms with Gasteiger partial charge < -0.3 is 9.80 Å². The van der Waals surface area contributed by atoms with E-state index in [-0.39, 0.29) is 30.8 Å². The van der Waals surface area contributed by atoms with Crippen molar-refractivity contribution in [2.24, 2.45) is 5.92 Å². The monoisotopic (exact) mass is 467 g/mol. The summed E-state index contributed by atoms with van der Waals surface area (Å²) in [5, 5.41) is 0. The van der Waals surface area contributed by atoms with Gasteiger partial charge in [-0.15, -0.1) is 6.58 Å². The van der Waals surface area contributed by atoms with Crippen LogP contribution >= 0.6 is 0 Å². The Kier molecular flexibility index (Phi) is 7.11. The fraction of sp³-hybridized carbons (Fsp3) is 0.207. The number of allylic oxidation sites excluding steroid dienone is 1. The van der Waals surface area contributed by atoms with E-state index in [1.54, 1.807) is 28.0 Å². The molecule has 0 N–H and O–H groups in total. The molecule has 6 nitrogen and oxygen atoms in total. The minimum Gasteiger partial charge on any atom is -0.308 e. The van der Waals surface area contributed by atoms with Gasteiger partial charge in [0.15, 0.2) is 0 Å². The minimum absolute atomic E-state index is 0.117. The summed E-state index contributed by atoms with van der Waals surface area (Å²) in [6.45, 7) is 7.44. The zero-order valence-corrected chi connectivity index (χ0v) is 20.0. The number of para-hydroxylation sites is 4. The van der Waals surface area contributed by atoms with E-state index in [4.69, 9.17) is 0 Å². The van der Waals surface area contributed by atoms with Crippen LogP contribution in [0.2, 0.25) is 0 Å². The molecule has 0 fully saturated rings. The van der Waals surface area contributed by atoms with Gasteiger partial charge in [-0.1, -0.05) is 54.6 Å². The van der Waals surface area contributed by atoms with Gasteiger partial charge in [0.25, 0.3) is 0 Å². The molecule has 35 heavy (non-hydrogen) atoms. The highest BCUT2D eigenvalue weighted by molar-refractivity contribution is 6.21. The Balaban J connectivity index is 1.81. The van der Waals surface area contributed by atoms with Gasteiger partial charge in [-0.25, -0.2) is 0 Å². The summed E-state index contributed by atoms with van der Waals surface area (Å²) in [6.07, 6.45) is 1.75. The van der Waals surface area contributed by atoms with E-state index in [2.05, 4.69) is 6.58 Å². The standard InChI is InChI=1S/C29H29N3O3/c1-4-13-24-28(34)30(20-27(33)31(21(2)3)22-14-7-5-8-15-22)25-18-11-12-19-26(25)32(29(24)35)23-16-9-6-10-17-23/h4-12,14-19,21,24H,1,13,20H2,2-3H3. The molecule has 1 aliphatic rings. The third-order valence-electron chi connectivity index (χ3n) is 6.03. The summed E-state index contributed by atoms with van der Waals surface area (Å²) in [7, 11) is 0. The van der Waals surface area contributed by atoms with Gasteiger partial charge in [0.2, 0.25) is 17.7 Å². The molecule has 3 amide bonds. The second-order valence-electron chi connectivity index (χ2n) is 8.69. The average Bonchev–Trinajstić information content (AvgIpc) is 2.94. The number of nitrogens with zero attached hydrogens (tertiary/aromatic N) is 3. The summed E-state index contributed by atoms with van der Waals surface area (Å²) >= 11 is 0. The van der Waals surface area contributed by atoms with Crippen LogP contribution < -0.4 is 14.7 Å². The highest BCUT2D eigenvalue weighted by Gasteiger charge is 2.41. The SMILES string of the molecule is C=CCC1C(=O)N(CC(=O)N(c2ccccc2)C(C)C)c2ccccc2N(c2ccccc2)C1=O. The molecule has 6 heteroatoms. The number of carbonyl (C=O) groups excluding carboxylic acids is 3. The smallest absolute Gasteiger partial charge is 0.247 e. The van der Waals surface area contributed by atoms with E-state index in [1.165, 1.54) is 4.90 Å². The Hall–Kier alpha value is -4.19. The number of rotatable bonds is 7. The van der Waals surface area contributed by atoms with Crippen molar-refractivity contribution in [1.29, 1.82) is 0 Å². The number of hydrogen-bond acceptors (Lipinski definition) is 3. The quantitative estimate of drug-likeness (QED) is 0.348. The number of benzene rings is 3. The molecular weight excluding hydrogens is 438 g/mol. The highest BCUT2D eigenvalue weighted by atomic mass is 16.2. The van der Waals surface area contributed by atoms with Crippen LogP contribution in [0.25, 0.3) is 0 Å². The van der Waals surface area contributed by atoms with Gasteiger partial charge in [0, 0.05) is 17.4 Å². The van der Waals surface area contributed by atoms with Crippen molar-refractivity contribution < 1.29 is 14.4 Å². The van der Waals surface area contributed by atoms with Crippen LogP contribution in [-0.4, -0.2) is 30.3 Å². The molecule has 0 aliphatic carbocycles. The van der Waals surface area contributed by atoms with Crippen LogP contribution in [0.15, 0.2) is 97.6 Å². The number of carbonyl (C=O) groups is 3. The summed E-state index contributed by atoms with van der Waals surface area (Å²) in [6, 6.07) is 25.7. The lowest BCUT2D eigenvalue weighted by Gasteiger charge is -2.31. The first-order chi connectivity index (χ1) is 16.9. The Bertz CT molecular complexity index is 1220. The predicted molar refractivity (Wildman–Crippen MR) is 140 cm³/mol. The fourth-order valence-corrected chi connectivity index (χ4v) is 4.47. The fourth-order valence-electron chi connectivity index (χ4n) is 4.47. The van der Waals surface area contributed by atoms with E-state index in [0.717, 1.165) is 5.69 Å². The molecule has 1 atom stereocenters. The normalized spacial score (nSPS) is 15.6. The third-order valence-corrected chi connectivity index (χ3v) is 6.03. The van der Waals surface area contributed by atoms with Crippen molar-refractivity contribution in [2.75, 3.05) is 21.2 Å². The van der Waals surface area contributed by atoms with Gasteiger partial charge in [-0.3, -0.25) is 19.3 Å². The van der Waals surface area contributed by atoms with Gasteiger partial charge in [-0.05, 0) is 56.7 Å². The number of hydrogen-bond donors (Lipinski definition) is 0. The Morgan fingerprint density at radius 3 is 2.06 bits per heavy atom. The van der Waals surface area contributed by atoms with Crippen molar-refractivity contribution >= 4 is 40.5 Å². The molecule has 3 aromatic rings. The zero-order chi connectivity index (χ0) is 24.9. The third kappa shape index (κ3) is 4.73. The molecule has 0 saturated carbocycles. The van der Waals surface area contributed by atoms with Crippen molar-refractivity contribution in [3.05, 3.63) is 97.6 Å². The summed E-state index contributed by atoms with van der Waals surface area (Å²) in [5.74, 6) is -1.97. The molecule has 0 aromatic heterocycles. The number of fused-ring (bicyclic) bond motifs is 1. The molecule has 1 heterocycles. The predicted octanol–water partition coefficient (Wildman–Crippen LogP) is 5.33. The van der Waals surface area contributed by atoms with E-state index in [0.29, 0.717) is 17.1 Å². The molecule has 0 bridgehead atoms. The summed E-state index contributed by atoms with van der Waals surface area (Å²) < 4.78 is 0. The van der Waals surface area contributed by atoms with Crippen LogP contribution in [0.1, 0.15) is 20.3 Å². The van der Waals surface area contributed by atoms with Crippen LogP contribution in [0.5, 0.6) is 0 Å². The zero-order valence-electron chi connectivity index (χ0n) is 20.0. The number of amides is 3. The molecule has 1 unspecified atom stereocenters. The van der Waals surface area contributed by atoms with Crippen molar-refractivity contribution in [1.82, 2.24) is 0 Å². The second-order valence-corrected chi connectivity index (χ2v) is 8.69. The van der Waals surface area contributed by atoms with Gasteiger partial charge in [0.1, 0.15) is 12.5 Å². The van der Waals surface area contributed by atoms with E-state index in [1.807, 2.05) is 86.6 Å². The van der Waals surface area contributed by atoms with Gasteiger partial charge in [0.05, 0.1) is 11.4 Å². The Morgan fingerprint density at radius 2 is 1.46 bits per heavy atom. The minimum atomic E-state index is -0.989. The van der Waals surface area contributed by atoms with Crippen molar-refractivity contribution in [2.45, 2.75) is 26.3 Å². The second kappa shape index (κ2) is 10.4. The molecule has 0 radical (unpaired) electrons. The molecule has 0 spiro atoms. The maximum Gasteiger partial charge on any atom is 0.247 e. The molecular formula is C29H29N3O3. The van der Waals surface area contributed by atoms with E-state index in [9.17, 15) is 14.4 Å². The van der Waals surface area contributed by atoms with Gasteiger partial charge in [-0.2, -0.15) is 0 Å². The first-order valence-electron chi connectivity index (χ1n) is 11.7. The van der Waals surface area contributed by atoms with Crippen LogP contribution in [-0.2, 0) is 14.4 Å². The summed E-state index contributed by atoms with van der Waals surface area (Å²) in [4.78, 5) is 45.9. The topological polar surface area (TPSA) is 60.9 Å². The maximum atomic E-state index is 13.8. The maximum absolute atomic E-state index is 13.8. The Labute approximate surface area is 206 Å². The summed E-state index contributed by atoms with van der Waals surface area (Å²) in [5.41, 5.74) is 2.50. The largest absolute Gasteiger partial charge is 0.308 e. The molecule has 0 saturated heterocycles. The van der Waals surface area contributed by atoms with Crippen molar-refractivity contribution in [3.8, 4) is 0 Å². The first kappa shape index (κ1) is 24.0. The number of anilines is 4. The van der Waals surface area contributed by atoms with Crippen LogP contribution in [0.3, 0.4) is 0 Å². The van der Waals surface area contributed by atoms with Crippen LogP contribution in [0, 0.1) is 5.92 Å². The lowest BCUT2D eigenvalue weighted by atomic mass is 10.0. The average molecular weight is 468 g/mol.